The molecule has 1 heterocycles. The second-order valence-electron chi connectivity index (χ2n) is 6.47. The molecule has 3 aromatic carbocycles. The van der Waals surface area contributed by atoms with E-state index >= 15 is 0 Å². The van der Waals surface area contributed by atoms with Crippen LogP contribution in [0.5, 0.6) is 0 Å². The van der Waals surface area contributed by atoms with Gasteiger partial charge in [0.25, 0.3) is 0 Å². The largest absolute Gasteiger partial charge is 0.265 e. The molecule has 0 N–H and O–H groups in total. The Labute approximate surface area is 153 Å². The van der Waals surface area contributed by atoms with Gasteiger partial charge in [-0.2, -0.15) is 0 Å². The normalized spacial score (nSPS) is 11.8. The molecular formula is C25H17N. The molecule has 1 nitrogen and oxygen atoms in total. The van der Waals surface area contributed by atoms with E-state index in [-0.39, 0.29) is 0 Å². The third kappa shape index (κ3) is 2.37. The molecule has 0 aliphatic heterocycles. The quantitative estimate of drug-likeness (QED) is 0.369. The average molecular weight is 331 g/mol. The van der Waals surface area contributed by atoms with Gasteiger partial charge in [0.05, 0.1) is 0 Å². The van der Waals surface area contributed by atoms with E-state index in [9.17, 15) is 0 Å². The number of nitrogens with zero attached hydrogens (tertiary/aromatic N) is 1. The monoisotopic (exact) mass is 331 g/mol. The molecule has 0 saturated heterocycles. The lowest BCUT2D eigenvalue weighted by atomic mass is 9.96. The highest BCUT2D eigenvalue weighted by Crippen LogP contribution is 2.45. The van der Waals surface area contributed by atoms with E-state index in [2.05, 4.69) is 96.0 Å². The fourth-order valence-electron chi connectivity index (χ4n) is 3.78. The predicted octanol–water partition coefficient (Wildman–Crippen LogP) is 6.32. The molecule has 0 spiro atoms. The minimum absolute atomic E-state index is 1.19. The number of rotatable bonds is 2. The summed E-state index contributed by atoms with van der Waals surface area (Å²) in [6, 6.07) is 30.0. The lowest BCUT2D eigenvalue weighted by molar-refractivity contribution is 1.33. The van der Waals surface area contributed by atoms with E-state index < -0.39 is 0 Å². The topological polar surface area (TPSA) is 12.9 Å². The molecule has 0 bridgehead atoms. The van der Waals surface area contributed by atoms with Crippen LogP contribution in [0.1, 0.15) is 16.7 Å². The van der Waals surface area contributed by atoms with Gasteiger partial charge in [-0.3, -0.25) is 4.98 Å². The second kappa shape index (κ2) is 6.12. The lowest BCUT2D eigenvalue weighted by Crippen LogP contribution is -1.86. The zero-order valence-corrected chi connectivity index (χ0v) is 14.3. The Hall–Kier alpha value is -3.45. The fourth-order valence-corrected chi connectivity index (χ4v) is 3.78. The van der Waals surface area contributed by atoms with Crippen molar-refractivity contribution in [3.8, 4) is 22.3 Å². The molecule has 0 saturated carbocycles. The van der Waals surface area contributed by atoms with Crippen molar-refractivity contribution >= 4 is 11.6 Å². The van der Waals surface area contributed by atoms with Crippen molar-refractivity contribution in [1.29, 1.82) is 0 Å². The van der Waals surface area contributed by atoms with Gasteiger partial charge in [-0.05, 0) is 62.7 Å². The van der Waals surface area contributed by atoms with Crippen molar-refractivity contribution in [3.05, 3.63) is 114 Å². The first-order valence-corrected chi connectivity index (χ1v) is 8.82. The van der Waals surface area contributed by atoms with Gasteiger partial charge in [-0.25, -0.2) is 0 Å². The van der Waals surface area contributed by atoms with E-state index in [0.29, 0.717) is 0 Å². The van der Waals surface area contributed by atoms with Gasteiger partial charge >= 0.3 is 0 Å². The molecule has 0 atom stereocenters. The number of hydrogen-bond donors (Lipinski definition) is 0. The Balaban J connectivity index is 1.74. The summed E-state index contributed by atoms with van der Waals surface area (Å²) in [5.74, 6) is 0. The van der Waals surface area contributed by atoms with Crippen LogP contribution in [-0.2, 0) is 0 Å². The zero-order valence-electron chi connectivity index (χ0n) is 14.3. The molecule has 4 aromatic rings. The van der Waals surface area contributed by atoms with E-state index in [4.69, 9.17) is 0 Å². The summed E-state index contributed by atoms with van der Waals surface area (Å²) in [7, 11) is 0. The second-order valence-corrected chi connectivity index (χ2v) is 6.47. The highest BCUT2D eigenvalue weighted by atomic mass is 14.6. The molecule has 1 heteroatoms. The van der Waals surface area contributed by atoms with Crippen LogP contribution in [-0.4, -0.2) is 4.98 Å². The minimum atomic E-state index is 1.19. The maximum absolute atomic E-state index is 4.15. The molecule has 122 valence electrons. The maximum Gasteiger partial charge on any atom is 0.0273 e. The smallest absolute Gasteiger partial charge is 0.0273 e. The van der Waals surface area contributed by atoms with E-state index in [0.717, 1.165) is 0 Å². The number of pyridine rings is 1. The molecule has 5 rings (SSSR count). The Morgan fingerprint density at radius 1 is 0.500 bits per heavy atom. The van der Waals surface area contributed by atoms with Crippen LogP contribution < -0.4 is 0 Å². The molecule has 1 aromatic heterocycles. The summed E-state index contributed by atoms with van der Waals surface area (Å²) < 4.78 is 0. The Kier molecular flexibility index (Phi) is 3.50. The van der Waals surface area contributed by atoms with Gasteiger partial charge in [-0.15, -0.1) is 0 Å². The third-order valence-electron chi connectivity index (χ3n) is 4.98. The van der Waals surface area contributed by atoms with Gasteiger partial charge in [0.1, 0.15) is 0 Å². The van der Waals surface area contributed by atoms with E-state index in [1.165, 1.54) is 44.5 Å². The first-order valence-electron chi connectivity index (χ1n) is 8.82. The van der Waals surface area contributed by atoms with Gasteiger partial charge < -0.3 is 0 Å². The fraction of sp³-hybridized carbons (Fsp3) is 0. The summed E-state index contributed by atoms with van der Waals surface area (Å²) in [6.07, 6.45) is 6.01. The van der Waals surface area contributed by atoms with Crippen molar-refractivity contribution < 1.29 is 0 Å². The first-order chi connectivity index (χ1) is 12.9. The summed E-state index contributed by atoms with van der Waals surface area (Å²) in [6.45, 7) is 0. The van der Waals surface area contributed by atoms with Crippen molar-refractivity contribution in [2.45, 2.75) is 0 Å². The van der Waals surface area contributed by atoms with E-state index in [1.54, 1.807) is 0 Å². The number of fused-ring (bicyclic) bond motifs is 3. The highest BCUT2D eigenvalue weighted by molar-refractivity contribution is 6.07. The van der Waals surface area contributed by atoms with Crippen molar-refractivity contribution in [3.63, 3.8) is 0 Å². The summed E-state index contributed by atoms with van der Waals surface area (Å²) in [5.41, 5.74) is 10.2. The van der Waals surface area contributed by atoms with Crippen LogP contribution >= 0.6 is 0 Å². The van der Waals surface area contributed by atoms with Crippen LogP contribution in [0, 0.1) is 0 Å². The SMILES string of the molecule is C(=C1c2ccccc2-c2ccccc21)c1ccccc1-c1ccncc1. The van der Waals surface area contributed by atoms with Crippen molar-refractivity contribution in [2.24, 2.45) is 0 Å². The predicted molar refractivity (Wildman–Crippen MR) is 109 cm³/mol. The van der Waals surface area contributed by atoms with Gasteiger partial charge in [0, 0.05) is 12.4 Å². The third-order valence-corrected chi connectivity index (χ3v) is 4.98. The highest BCUT2D eigenvalue weighted by Gasteiger charge is 2.22. The standard InChI is InChI=1S/C25H17N/c1-2-8-20(18-13-15-26-16-14-18)19(7-1)17-25-23-11-5-3-9-21(23)22-10-4-6-12-24(22)25/h1-17H. The van der Waals surface area contributed by atoms with Gasteiger partial charge in [0.15, 0.2) is 0 Å². The van der Waals surface area contributed by atoms with Crippen molar-refractivity contribution in [2.75, 3.05) is 0 Å². The number of hydrogen-bond acceptors (Lipinski definition) is 1. The van der Waals surface area contributed by atoms with Crippen LogP contribution in [0.3, 0.4) is 0 Å². The maximum atomic E-state index is 4.15. The minimum Gasteiger partial charge on any atom is -0.265 e. The van der Waals surface area contributed by atoms with Crippen LogP contribution in [0.2, 0.25) is 0 Å². The first kappa shape index (κ1) is 14.9. The lowest BCUT2D eigenvalue weighted by Gasteiger charge is -2.09. The summed E-state index contributed by atoms with van der Waals surface area (Å²) >= 11 is 0. The Bertz CT molecular complexity index is 1080. The Morgan fingerprint density at radius 3 is 1.62 bits per heavy atom. The summed E-state index contributed by atoms with van der Waals surface area (Å²) in [4.78, 5) is 4.15. The van der Waals surface area contributed by atoms with Crippen molar-refractivity contribution in [1.82, 2.24) is 4.98 Å². The van der Waals surface area contributed by atoms with Crippen LogP contribution in [0.15, 0.2) is 97.3 Å². The molecule has 26 heavy (non-hydrogen) atoms. The molecule has 1 aliphatic carbocycles. The van der Waals surface area contributed by atoms with E-state index in [1.807, 2.05) is 12.4 Å². The van der Waals surface area contributed by atoms with Gasteiger partial charge in [0.2, 0.25) is 0 Å². The van der Waals surface area contributed by atoms with Gasteiger partial charge in [-0.1, -0.05) is 72.8 Å². The number of benzene rings is 3. The molecule has 0 amide bonds. The molecule has 0 fully saturated rings. The molecular weight excluding hydrogens is 314 g/mol. The molecule has 1 aliphatic rings. The summed E-state index contributed by atoms with van der Waals surface area (Å²) in [5, 5.41) is 0. The molecule has 0 radical (unpaired) electrons. The van der Waals surface area contributed by atoms with Crippen LogP contribution in [0.4, 0.5) is 0 Å². The van der Waals surface area contributed by atoms with Crippen LogP contribution in [0.25, 0.3) is 33.9 Å². The number of aromatic nitrogens is 1. The molecule has 0 unspecified atom stereocenters. The zero-order chi connectivity index (χ0) is 17.3. The average Bonchev–Trinajstić information content (AvgIpc) is 3.03. The Morgan fingerprint density at radius 2 is 1.00 bits per heavy atom.